The lowest BCUT2D eigenvalue weighted by molar-refractivity contribution is -0.286. The van der Waals surface area contributed by atoms with Crippen molar-refractivity contribution in [3.8, 4) is 11.5 Å². The predicted octanol–water partition coefficient (Wildman–Crippen LogP) is 2.95. The maximum atomic E-state index is 12.9. The maximum Gasteiger partial charge on any atom is 0.586 e. The van der Waals surface area contributed by atoms with Gasteiger partial charge in [0, 0.05) is 19.0 Å². The Kier molecular flexibility index (Phi) is 4.02. The van der Waals surface area contributed by atoms with Crippen molar-refractivity contribution < 1.29 is 27.8 Å². The molecule has 1 aromatic carbocycles. The van der Waals surface area contributed by atoms with Crippen molar-refractivity contribution in [3.05, 3.63) is 29.8 Å². The van der Waals surface area contributed by atoms with Crippen LogP contribution in [0.3, 0.4) is 0 Å². The van der Waals surface area contributed by atoms with Crippen LogP contribution in [0.5, 0.6) is 11.5 Å². The van der Waals surface area contributed by atoms with Crippen molar-refractivity contribution >= 4 is 17.9 Å². The number of carbonyl (C=O) groups excluding carboxylic acids is 2. The zero-order valence-electron chi connectivity index (χ0n) is 12.3. The molecule has 0 saturated carbocycles. The monoisotopic (exact) mass is 323 g/mol. The van der Waals surface area contributed by atoms with E-state index in [0.29, 0.717) is 18.5 Å². The van der Waals surface area contributed by atoms with E-state index in [9.17, 15) is 18.4 Å². The van der Waals surface area contributed by atoms with E-state index in [0.717, 1.165) is 19.3 Å². The summed E-state index contributed by atoms with van der Waals surface area (Å²) in [7, 11) is 0. The lowest BCUT2D eigenvalue weighted by Crippen LogP contribution is -2.35. The first-order chi connectivity index (χ1) is 10.9. The fourth-order valence-corrected chi connectivity index (χ4v) is 2.54. The van der Waals surface area contributed by atoms with Gasteiger partial charge < -0.3 is 9.47 Å². The average Bonchev–Trinajstić information content (AvgIpc) is 2.65. The molecule has 1 fully saturated rings. The Morgan fingerprint density at radius 3 is 2.78 bits per heavy atom. The number of benzene rings is 1. The van der Waals surface area contributed by atoms with Gasteiger partial charge in [-0.1, -0.05) is 12.5 Å². The molecule has 0 aliphatic carbocycles. The summed E-state index contributed by atoms with van der Waals surface area (Å²) in [5.74, 6) is -0.723. The number of nitrogens with zero attached hydrogens (tertiary/aromatic N) is 1. The number of rotatable bonds is 2. The van der Waals surface area contributed by atoms with Crippen molar-refractivity contribution in [2.45, 2.75) is 32.0 Å². The number of hydrogen-bond donors (Lipinski definition) is 0. The summed E-state index contributed by atoms with van der Waals surface area (Å²) >= 11 is 0. The molecular weight excluding hydrogens is 308 g/mol. The van der Waals surface area contributed by atoms with Crippen LogP contribution in [-0.4, -0.2) is 29.6 Å². The van der Waals surface area contributed by atoms with Crippen molar-refractivity contribution in [3.63, 3.8) is 0 Å². The SMILES string of the molecule is O=C(/C=C/c1ccc2c(c1)OC(F)(F)O2)N1CCCCCC1=O. The summed E-state index contributed by atoms with van der Waals surface area (Å²) < 4.78 is 34.5. The van der Waals surface area contributed by atoms with E-state index in [2.05, 4.69) is 9.47 Å². The normalized spacial score (nSPS) is 19.9. The van der Waals surface area contributed by atoms with Crippen LogP contribution in [0.4, 0.5) is 8.78 Å². The van der Waals surface area contributed by atoms with Crippen LogP contribution in [-0.2, 0) is 9.59 Å². The fraction of sp³-hybridized carbons (Fsp3) is 0.375. The Hall–Kier alpha value is -2.44. The Balaban J connectivity index is 1.71. The summed E-state index contributed by atoms with van der Waals surface area (Å²) in [4.78, 5) is 25.2. The van der Waals surface area contributed by atoms with Crippen molar-refractivity contribution in [1.82, 2.24) is 4.90 Å². The van der Waals surface area contributed by atoms with Crippen LogP contribution < -0.4 is 9.47 Å². The molecule has 0 atom stereocenters. The van der Waals surface area contributed by atoms with Gasteiger partial charge in [-0.05, 0) is 36.6 Å². The third-order valence-corrected chi connectivity index (χ3v) is 3.68. The summed E-state index contributed by atoms with van der Waals surface area (Å²) in [6.45, 7) is 0.412. The van der Waals surface area contributed by atoms with Gasteiger partial charge in [0.1, 0.15) is 0 Å². The van der Waals surface area contributed by atoms with E-state index in [1.807, 2.05) is 0 Å². The highest BCUT2D eigenvalue weighted by molar-refractivity contribution is 6.03. The van der Waals surface area contributed by atoms with Gasteiger partial charge in [-0.15, -0.1) is 8.78 Å². The predicted molar refractivity (Wildman–Crippen MR) is 76.9 cm³/mol. The van der Waals surface area contributed by atoms with Gasteiger partial charge in [0.2, 0.25) is 5.91 Å². The smallest absolute Gasteiger partial charge is 0.395 e. The minimum absolute atomic E-state index is 0.0545. The molecule has 23 heavy (non-hydrogen) atoms. The minimum Gasteiger partial charge on any atom is -0.395 e. The molecule has 0 N–H and O–H groups in total. The molecule has 1 saturated heterocycles. The summed E-state index contributed by atoms with van der Waals surface area (Å²) in [5, 5.41) is 0. The second kappa shape index (κ2) is 5.98. The van der Waals surface area contributed by atoms with E-state index < -0.39 is 12.2 Å². The fourth-order valence-electron chi connectivity index (χ4n) is 2.54. The quantitative estimate of drug-likeness (QED) is 0.785. The van der Waals surface area contributed by atoms with E-state index in [4.69, 9.17) is 0 Å². The molecule has 0 unspecified atom stereocenters. The first-order valence-corrected chi connectivity index (χ1v) is 7.37. The van der Waals surface area contributed by atoms with Crippen LogP contribution in [0, 0.1) is 0 Å². The molecule has 0 radical (unpaired) electrons. The van der Waals surface area contributed by atoms with Crippen LogP contribution in [0.25, 0.3) is 6.08 Å². The first kappa shape index (κ1) is 15.5. The Labute approximate surface area is 131 Å². The number of hydrogen-bond acceptors (Lipinski definition) is 4. The lowest BCUT2D eigenvalue weighted by atomic mass is 10.2. The molecule has 0 bridgehead atoms. The average molecular weight is 323 g/mol. The van der Waals surface area contributed by atoms with Crippen LogP contribution in [0.15, 0.2) is 24.3 Å². The molecule has 122 valence electrons. The number of carbonyl (C=O) groups is 2. The number of fused-ring (bicyclic) bond motifs is 1. The number of amides is 2. The standard InChI is InChI=1S/C16H15F2NO4/c17-16(18)22-12-7-5-11(10-13(12)23-16)6-8-15(21)19-9-3-1-2-4-14(19)20/h5-8,10H,1-4,9H2/b8-6+. The van der Waals surface area contributed by atoms with E-state index in [1.54, 1.807) is 0 Å². The molecule has 2 aliphatic heterocycles. The number of alkyl halides is 2. The molecule has 2 aliphatic rings. The van der Waals surface area contributed by atoms with Gasteiger partial charge in [-0.2, -0.15) is 0 Å². The van der Waals surface area contributed by atoms with Gasteiger partial charge >= 0.3 is 6.29 Å². The van der Waals surface area contributed by atoms with Gasteiger partial charge in [-0.25, -0.2) is 0 Å². The Morgan fingerprint density at radius 1 is 1.17 bits per heavy atom. The molecule has 0 spiro atoms. The maximum absolute atomic E-state index is 12.9. The Bertz CT molecular complexity index is 672. The first-order valence-electron chi connectivity index (χ1n) is 7.37. The third-order valence-electron chi connectivity index (χ3n) is 3.68. The van der Waals surface area contributed by atoms with Gasteiger partial charge in [-0.3, -0.25) is 14.5 Å². The Morgan fingerprint density at radius 2 is 1.96 bits per heavy atom. The zero-order chi connectivity index (χ0) is 16.4. The number of likely N-dealkylation sites (tertiary alicyclic amines) is 1. The summed E-state index contributed by atoms with van der Waals surface area (Å²) in [6, 6.07) is 4.22. The lowest BCUT2D eigenvalue weighted by Gasteiger charge is -2.16. The number of imide groups is 1. The highest BCUT2D eigenvalue weighted by atomic mass is 19.3. The summed E-state index contributed by atoms with van der Waals surface area (Å²) in [6.07, 6.45) is 1.94. The van der Waals surface area contributed by atoms with Crippen molar-refractivity contribution in [2.75, 3.05) is 6.54 Å². The van der Waals surface area contributed by atoms with Crippen LogP contribution >= 0.6 is 0 Å². The topological polar surface area (TPSA) is 55.8 Å². The van der Waals surface area contributed by atoms with E-state index >= 15 is 0 Å². The molecule has 0 aromatic heterocycles. The number of halogens is 2. The molecule has 5 nitrogen and oxygen atoms in total. The molecular formula is C16H15F2NO4. The molecule has 2 heterocycles. The number of ether oxygens (including phenoxy) is 2. The zero-order valence-corrected chi connectivity index (χ0v) is 12.3. The van der Waals surface area contributed by atoms with Crippen molar-refractivity contribution in [1.29, 1.82) is 0 Å². The van der Waals surface area contributed by atoms with Gasteiger partial charge in [0.05, 0.1) is 0 Å². The largest absolute Gasteiger partial charge is 0.586 e. The van der Waals surface area contributed by atoms with E-state index in [1.165, 1.54) is 35.3 Å². The summed E-state index contributed by atoms with van der Waals surface area (Å²) in [5.41, 5.74) is 0.501. The molecule has 3 rings (SSSR count). The second-order valence-corrected chi connectivity index (χ2v) is 5.40. The van der Waals surface area contributed by atoms with Gasteiger partial charge in [0.25, 0.3) is 5.91 Å². The van der Waals surface area contributed by atoms with Crippen molar-refractivity contribution in [2.24, 2.45) is 0 Å². The van der Waals surface area contributed by atoms with Crippen LogP contribution in [0.1, 0.15) is 31.2 Å². The van der Waals surface area contributed by atoms with Gasteiger partial charge in [0.15, 0.2) is 11.5 Å². The molecule has 1 aromatic rings. The highest BCUT2D eigenvalue weighted by Crippen LogP contribution is 2.41. The van der Waals surface area contributed by atoms with Crippen LogP contribution in [0.2, 0.25) is 0 Å². The second-order valence-electron chi connectivity index (χ2n) is 5.40. The molecule has 7 heteroatoms. The van der Waals surface area contributed by atoms with E-state index in [-0.39, 0.29) is 17.4 Å². The third kappa shape index (κ3) is 3.49. The molecule has 2 amide bonds. The minimum atomic E-state index is -3.67. The highest BCUT2D eigenvalue weighted by Gasteiger charge is 2.43.